The molecule has 1 aromatic carbocycles. The van der Waals surface area contributed by atoms with E-state index in [0.29, 0.717) is 0 Å². The van der Waals surface area contributed by atoms with Crippen LogP contribution >= 0.6 is 23.2 Å². The lowest BCUT2D eigenvalue weighted by molar-refractivity contribution is -0.282. The van der Waals surface area contributed by atoms with E-state index in [9.17, 15) is 25.2 Å². The van der Waals surface area contributed by atoms with Gasteiger partial charge in [-0.2, -0.15) is 0 Å². The minimum absolute atomic E-state index is 0.137. The number of hydrogen-bond acceptors (Lipinski definition) is 8. The van der Waals surface area contributed by atoms with Crippen molar-refractivity contribution in [3.63, 3.8) is 0 Å². The number of phenols is 2. The molecule has 146 valence electrons. The molecule has 10 heteroatoms. The lowest BCUT2D eigenvalue weighted by Gasteiger charge is -2.40. The van der Waals surface area contributed by atoms with E-state index in [1.165, 1.54) is 14.0 Å². The molecule has 8 nitrogen and oxygen atoms in total. The molecule has 1 fully saturated rings. The van der Waals surface area contributed by atoms with E-state index < -0.39 is 53.2 Å². The van der Waals surface area contributed by atoms with Crippen molar-refractivity contribution in [3.8, 4) is 11.5 Å². The number of carbonyl (C=O) groups is 1. The number of phenolic OH excluding ortho intramolecular Hbond substituents is 2. The first kappa shape index (κ1) is 21.0. The summed E-state index contributed by atoms with van der Waals surface area (Å²) in [5.41, 5.74) is -0.182. The van der Waals surface area contributed by atoms with Crippen LogP contribution < -0.4 is 0 Å². The van der Waals surface area contributed by atoms with Gasteiger partial charge in [0.2, 0.25) is 0 Å². The number of halogens is 2. The van der Waals surface area contributed by atoms with Crippen LogP contribution in [0.2, 0.25) is 10.0 Å². The summed E-state index contributed by atoms with van der Waals surface area (Å²) in [7, 11) is 1.26. The predicted octanol–water partition coefficient (Wildman–Crippen LogP) is 1.61. The largest absolute Gasteiger partial charge is 0.505 e. The van der Waals surface area contributed by atoms with Crippen molar-refractivity contribution in [3.05, 3.63) is 21.2 Å². The van der Waals surface area contributed by atoms with E-state index in [1.807, 2.05) is 0 Å². The lowest BCUT2D eigenvalue weighted by Crippen LogP contribution is -2.58. The molecule has 1 aliphatic heterocycles. The highest BCUT2D eigenvalue weighted by Crippen LogP contribution is 2.44. The third-order valence-corrected chi connectivity index (χ3v) is 5.04. The predicted molar refractivity (Wildman–Crippen MR) is 91.7 cm³/mol. The van der Waals surface area contributed by atoms with Crippen LogP contribution in [-0.4, -0.2) is 64.2 Å². The van der Waals surface area contributed by atoms with Crippen molar-refractivity contribution in [1.29, 1.82) is 0 Å². The van der Waals surface area contributed by atoms with Crippen molar-refractivity contribution >= 4 is 29.2 Å². The van der Waals surface area contributed by atoms with Crippen LogP contribution in [0.3, 0.4) is 0 Å². The van der Waals surface area contributed by atoms with Crippen molar-refractivity contribution in [2.24, 2.45) is 0 Å². The zero-order valence-electron chi connectivity index (χ0n) is 14.3. The number of methoxy groups -OCH3 is 1. The van der Waals surface area contributed by atoms with Crippen molar-refractivity contribution in [1.82, 2.24) is 0 Å². The normalized spacial score (nSPS) is 28.8. The Balaban J connectivity index is 2.38. The summed E-state index contributed by atoms with van der Waals surface area (Å²) in [6, 6.07) is 0. The van der Waals surface area contributed by atoms with Crippen molar-refractivity contribution in [2.75, 3.05) is 7.11 Å². The van der Waals surface area contributed by atoms with E-state index in [1.54, 1.807) is 6.92 Å². The molecule has 1 aromatic rings. The molecule has 4 N–H and O–H groups in total. The van der Waals surface area contributed by atoms with Crippen LogP contribution in [0.1, 0.15) is 29.8 Å². The Morgan fingerprint density at radius 2 is 1.77 bits per heavy atom. The summed E-state index contributed by atoms with van der Waals surface area (Å²) in [5, 5.41) is 39.4. The van der Waals surface area contributed by atoms with Gasteiger partial charge in [0.1, 0.15) is 22.8 Å². The molecule has 1 aliphatic rings. The second-order valence-electron chi connectivity index (χ2n) is 5.82. The minimum Gasteiger partial charge on any atom is -0.505 e. The van der Waals surface area contributed by atoms with Gasteiger partial charge in [-0.3, -0.25) is 0 Å². The second-order valence-corrected chi connectivity index (χ2v) is 6.58. The van der Waals surface area contributed by atoms with Gasteiger partial charge in [0.05, 0.1) is 11.1 Å². The average molecular weight is 411 g/mol. The van der Waals surface area contributed by atoms with Gasteiger partial charge in [-0.25, -0.2) is 4.79 Å². The number of aliphatic hydroxyl groups is 2. The third-order valence-electron chi connectivity index (χ3n) is 4.27. The topological polar surface area (TPSA) is 126 Å². The maximum absolute atomic E-state index is 12.6. The summed E-state index contributed by atoms with van der Waals surface area (Å²) < 4.78 is 15.5. The summed E-state index contributed by atoms with van der Waals surface area (Å²) in [6.07, 6.45) is -5.75. The SMILES string of the molecule is CCc1c(Cl)c(O)c(Cl)c(O)c1C(=O)O[C@H]1[C@H](O)[C@H](OC)[C@H](O)O[C@@H]1C. The molecule has 0 bridgehead atoms. The maximum atomic E-state index is 12.6. The Labute approximate surface area is 159 Å². The van der Waals surface area contributed by atoms with Crippen LogP contribution in [-0.2, 0) is 20.6 Å². The monoisotopic (exact) mass is 410 g/mol. The summed E-state index contributed by atoms with van der Waals surface area (Å²) in [5.74, 6) is -2.25. The van der Waals surface area contributed by atoms with Crippen molar-refractivity contribution in [2.45, 2.75) is 51.0 Å². The van der Waals surface area contributed by atoms with Crippen LogP contribution in [0.25, 0.3) is 0 Å². The molecule has 26 heavy (non-hydrogen) atoms. The molecule has 1 heterocycles. The zero-order valence-corrected chi connectivity index (χ0v) is 15.8. The summed E-state index contributed by atoms with van der Waals surface area (Å²) >= 11 is 11.8. The molecule has 0 aliphatic carbocycles. The molecule has 1 saturated heterocycles. The number of esters is 1. The number of benzene rings is 1. The maximum Gasteiger partial charge on any atom is 0.342 e. The third kappa shape index (κ3) is 3.58. The first-order chi connectivity index (χ1) is 12.1. The number of carbonyl (C=O) groups excluding carboxylic acids is 1. The Bertz CT molecular complexity index is 696. The first-order valence-corrected chi connectivity index (χ1v) is 8.58. The van der Waals surface area contributed by atoms with E-state index in [2.05, 4.69) is 0 Å². The van der Waals surface area contributed by atoms with Gasteiger partial charge in [-0.15, -0.1) is 0 Å². The van der Waals surface area contributed by atoms with Crippen LogP contribution in [0.4, 0.5) is 0 Å². The van der Waals surface area contributed by atoms with Crippen LogP contribution in [0.5, 0.6) is 11.5 Å². The molecule has 2 rings (SSSR count). The van der Waals surface area contributed by atoms with Gasteiger partial charge in [-0.1, -0.05) is 30.1 Å². The number of aliphatic hydroxyl groups excluding tert-OH is 2. The molecule has 0 saturated carbocycles. The summed E-state index contributed by atoms with van der Waals surface area (Å²) in [6.45, 7) is 3.15. The number of ether oxygens (including phenoxy) is 3. The fraction of sp³-hybridized carbons (Fsp3) is 0.562. The van der Waals surface area contributed by atoms with Gasteiger partial charge in [0.15, 0.2) is 23.9 Å². The number of rotatable bonds is 4. The average Bonchev–Trinajstić information content (AvgIpc) is 2.59. The molecule has 0 spiro atoms. The van der Waals surface area contributed by atoms with E-state index in [0.717, 1.165) is 0 Å². The molecule has 0 amide bonds. The van der Waals surface area contributed by atoms with Gasteiger partial charge in [0.25, 0.3) is 0 Å². The van der Waals surface area contributed by atoms with E-state index >= 15 is 0 Å². The zero-order chi connectivity index (χ0) is 19.8. The van der Waals surface area contributed by atoms with Gasteiger partial charge in [-0.05, 0) is 18.9 Å². The van der Waals surface area contributed by atoms with E-state index in [-0.39, 0.29) is 22.6 Å². The molecule has 0 aromatic heterocycles. The molecular weight excluding hydrogens is 391 g/mol. The number of aromatic hydroxyl groups is 2. The quantitative estimate of drug-likeness (QED) is 0.551. The second kappa shape index (κ2) is 8.16. The molecular formula is C16H20Cl2O8. The van der Waals surface area contributed by atoms with Crippen LogP contribution in [0, 0.1) is 0 Å². The smallest absolute Gasteiger partial charge is 0.342 e. The standard InChI is InChI=1S/C16H20Cl2O8/c1-4-6-7(10(19)9(18)11(20)8(6)17)15(22)26-13-5(2)25-16(23)14(24-3)12(13)21/h5,12-14,16,19-21,23H,4H2,1-3H3/t5-,12+,13-,14+,16-/m1/s1. The van der Waals surface area contributed by atoms with E-state index in [4.69, 9.17) is 37.4 Å². The fourth-order valence-electron chi connectivity index (χ4n) is 2.88. The Morgan fingerprint density at radius 1 is 1.15 bits per heavy atom. The highest BCUT2D eigenvalue weighted by atomic mass is 35.5. The lowest BCUT2D eigenvalue weighted by atomic mass is 9.98. The number of hydrogen-bond donors (Lipinski definition) is 4. The Kier molecular flexibility index (Phi) is 6.60. The minimum atomic E-state index is -1.39. The highest BCUT2D eigenvalue weighted by molar-refractivity contribution is 6.39. The van der Waals surface area contributed by atoms with Gasteiger partial charge in [0, 0.05) is 7.11 Å². The Hall–Kier alpha value is -1.29. The van der Waals surface area contributed by atoms with Gasteiger partial charge >= 0.3 is 5.97 Å². The van der Waals surface area contributed by atoms with Gasteiger partial charge < -0.3 is 34.6 Å². The highest BCUT2D eigenvalue weighted by Gasteiger charge is 2.46. The molecule has 5 atom stereocenters. The van der Waals surface area contributed by atoms with Crippen molar-refractivity contribution < 1.29 is 39.4 Å². The molecule has 0 radical (unpaired) electrons. The summed E-state index contributed by atoms with van der Waals surface area (Å²) in [4.78, 5) is 12.6. The first-order valence-electron chi connectivity index (χ1n) is 7.82. The Morgan fingerprint density at radius 3 is 2.31 bits per heavy atom. The fourth-order valence-corrected chi connectivity index (χ4v) is 3.44. The molecule has 0 unspecified atom stereocenters. The van der Waals surface area contributed by atoms with Crippen LogP contribution in [0.15, 0.2) is 0 Å².